The van der Waals surface area contributed by atoms with E-state index in [2.05, 4.69) is 15.9 Å². The van der Waals surface area contributed by atoms with E-state index in [0.717, 1.165) is 0 Å². The third kappa shape index (κ3) is 5.04. The normalized spacial score (nSPS) is 10.4. The van der Waals surface area contributed by atoms with Crippen LogP contribution >= 0.6 is 15.9 Å². The molecule has 3 aromatic rings. The van der Waals surface area contributed by atoms with Crippen LogP contribution in [0.4, 0.5) is 4.39 Å². The largest absolute Gasteiger partial charge is 0.486 e. The standard InChI is InChI=1S/C20H14BrFO5/c21-17-4-2-1-3-16(17)18(23)12-26-20(24)19-10-9-15(27-19)11-25-14-7-5-13(22)6-8-14/h1-10H,11-12H2. The smallest absolute Gasteiger partial charge is 0.374 e. The van der Waals surface area contributed by atoms with E-state index in [9.17, 15) is 14.0 Å². The average molecular weight is 433 g/mol. The van der Waals surface area contributed by atoms with E-state index >= 15 is 0 Å². The SMILES string of the molecule is O=C(OCC(=O)c1ccccc1Br)c1ccc(COc2ccc(F)cc2)o1. The number of hydrogen-bond donors (Lipinski definition) is 0. The quantitative estimate of drug-likeness (QED) is 0.396. The number of Topliss-reactive ketones (excluding diaryl/α,β-unsaturated/α-hetero) is 1. The number of hydrogen-bond acceptors (Lipinski definition) is 5. The summed E-state index contributed by atoms with van der Waals surface area (Å²) in [5, 5.41) is 0. The fourth-order valence-corrected chi connectivity index (χ4v) is 2.72. The molecule has 0 aliphatic rings. The molecule has 0 aliphatic heterocycles. The zero-order chi connectivity index (χ0) is 19.2. The van der Waals surface area contributed by atoms with Gasteiger partial charge in [0.2, 0.25) is 11.5 Å². The van der Waals surface area contributed by atoms with Gasteiger partial charge in [0, 0.05) is 10.0 Å². The molecule has 0 radical (unpaired) electrons. The highest BCUT2D eigenvalue weighted by Gasteiger charge is 2.17. The molecule has 7 heteroatoms. The first-order valence-electron chi connectivity index (χ1n) is 7.95. The van der Waals surface area contributed by atoms with E-state index in [1.165, 1.54) is 30.3 Å². The monoisotopic (exact) mass is 432 g/mol. The molecular formula is C20H14BrFO5. The highest BCUT2D eigenvalue weighted by Crippen LogP contribution is 2.18. The molecule has 0 bridgehead atoms. The number of ketones is 1. The van der Waals surface area contributed by atoms with Gasteiger partial charge in [-0.3, -0.25) is 4.79 Å². The van der Waals surface area contributed by atoms with Crippen molar-refractivity contribution in [2.45, 2.75) is 6.61 Å². The van der Waals surface area contributed by atoms with Gasteiger partial charge in [-0.25, -0.2) is 9.18 Å². The molecule has 3 rings (SSSR count). The Kier molecular flexibility index (Phi) is 6.03. The molecule has 0 aliphatic carbocycles. The van der Waals surface area contributed by atoms with Crippen LogP contribution in [0.25, 0.3) is 0 Å². The number of carbonyl (C=O) groups excluding carboxylic acids is 2. The fraction of sp³-hybridized carbons (Fsp3) is 0.100. The highest BCUT2D eigenvalue weighted by atomic mass is 79.9. The Morgan fingerprint density at radius 3 is 2.48 bits per heavy atom. The maximum atomic E-state index is 12.8. The number of rotatable bonds is 7. The van der Waals surface area contributed by atoms with Gasteiger partial charge in [-0.15, -0.1) is 0 Å². The Morgan fingerprint density at radius 2 is 1.74 bits per heavy atom. The zero-order valence-electron chi connectivity index (χ0n) is 14.0. The summed E-state index contributed by atoms with van der Waals surface area (Å²) in [5.41, 5.74) is 0.429. The van der Waals surface area contributed by atoms with Crippen LogP contribution in [0.3, 0.4) is 0 Å². The summed E-state index contributed by atoms with van der Waals surface area (Å²) in [6, 6.07) is 15.4. The van der Waals surface area contributed by atoms with Crippen LogP contribution in [0.1, 0.15) is 26.7 Å². The maximum absolute atomic E-state index is 12.8. The van der Waals surface area contributed by atoms with Crippen LogP contribution in [0.15, 0.2) is 69.6 Å². The van der Waals surface area contributed by atoms with Gasteiger partial charge in [-0.1, -0.05) is 34.1 Å². The van der Waals surface area contributed by atoms with Crippen molar-refractivity contribution in [2.24, 2.45) is 0 Å². The second-order valence-corrected chi connectivity index (χ2v) is 6.34. The number of halogens is 2. The number of ether oxygens (including phenoxy) is 2. The molecule has 138 valence electrons. The summed E-state index contributed by atoms with van der Waals surface area (Å²) < 4.78 is 29.3. The van der Waals surface area contributed by atoms with Gasteiger partial charge in [-0.2, -0.15) is 0 Å². The van der Waals surface area contributed by atoms with Gasteiger partial charge in [0.15, 0.2) is 6.61 Å². The van der Waals surface area contributed by atoms with Crippen molar-refractivity contribution in [3.8, 4) is 5.75 Å². The summed E-state index contributed by atoms with van der Waals surface area (Å²) in [6.07, 6.45) is 0. The number of furan rings is 1. The van der Waals surface area contributed by atoms with Gasteiger partial charge in [0.1, 0.15) is 23.9 Å². The molecule has 0 N–H and O–H groups in total. The van der Waals surface area contributed by atoms with E-state index in [0.29, 0.717) is 21.5 Å². The van der Waals surface area contributed by atoms with Crippen LogP contribution in [0.2, 0.25) is 0 Å². The second-order valence-electron chi connectivity index (χ2n) is 5.49. The Balaban J connectivity index is 1.53. The molecule has 1 aromatic heterocycles. The molecule has 0 fully saturated rings. The first-order valence-corrected chi connectivity index (χ1v) is 8.74. The zero-order valence-corrected chi connectivity index (χ0v) is 15.6. The van der Waals surface area contributed by atoms with Crippen LogP contribution in [0.5, 0.6) is 5.75 Å². The molecule has 0 unspecified atom stereocenters. The Labute approximate surface area is 162 Å². The summed E-state index contributed by atoms with van der Waals surface area (Å²) >= 11 is 3.28. The van der Waals surface area contributed by atoms with Crippen LogP contribution < -0.4 is 4.74 Å². The van der Waals surface area contributed by atoms with E-state index < -0.39 is 12.6 Å². The summed E-state index contributed by atoms with van der Waals surface area (Å²) in [7, 11) is 0. The first kappa shape index (κ1) is 18.8. The van der Waals surface area contributed by atoms with E-state index in [4.69, 9.17) is 13.9 Å². The van der Waals surface area contributed by atoms with Crippen molar-refractivity contribution in [2.75, 3.05) is 6.61 Å². The van der Waals surface area contributed by atoms with Gasteiger partial charge >= 0.3 is 5.97 Å². The minimum absolute atomic E-state index is 0.0346. The van der Waals surface area contributed by atoms with Gasteiger partial charge in [0.05, 0.1) is 0 Å². The molecule has 0 amide bonds. The minimum atomic E-state index is -0.747. The Bertz CT molecular complexity index is 949. The number of carbonyl (C=O) groups is 2. The van der Waals surface area contributed by atoms with Crippen molar-refractivity contribution in [1.29, 1.82) is 0 Å². The third-order valence-electron chi connectivity index (χ3n) is 3.57. The van der Waals surface area contributed by atoms with Crippen LogP contribution in [-0.2, 0) is 11.3 Å². The van der Waals surface area contributed by atoms with Crippen LogP contribution in [0, 0.1) is 5.82 Å². The van der Waals surface area contributed by atoms with Gasteiger partial charge < -0.3 is 13.9 Å². The lowest BCUT2D eigenvalue weighted by Crippen LogP contribution is -2.14. The van der Waals surface area contributed by atoms with E-state index in [-0.39, 0.29) is 24.0 Å². The summed E-state index contributed by atoms with van der Waals surface area (Å²) in [4.78, 5) is 24.1. The maximum Gasteiger partial charge on any atom is 0.374 e. The molecule has 27 heavy (non-hydrogen) atoms. The third-order valence-corrected chi connectivity index (χ3v) is 4.26. The average Bonchev–Trinajstić information content (AvgIpc) is 3.15. The molecule has 2 aromatic carbocycles. The predicted molar refractivity (Wildman–Crippen MR) is 98.2 cm³/mol. The Hall–Kier alpha value is -2.93. The van der Waals surface area contributed by atoms with E-state index in [1.807, 2.05) is 0 Å². The molecular weight excluding hydrogens is 419 g/mol. The molecule has 1 heterocycles. The second kappa shape index (κ2) is 8.64. The van der Waals surface area contributed by atoms with Crippen molar-refractivity contribution < 1.29 is 27.9 Å². The topological polar surface area (TPSA) is 65.7 Å². The lowest BCUT2D eigenvalue weighted by molar-refractivity contribution is 0.0440. The van der Waals surface area contributed by atoms with Crippen molar-refractivity contribution >= 4 is 27.7 Å². The van der Waals surface area contributed by atoms with Crippen LogP contribution in [-0.4, -0.2) is 18.4 Å². The number of esters is 1. The summed E-state index contributed by atoms with van der Waals surface area (Å²) in [5.74, 6) is -0.611. The van der Waals surface area contributed by atoms with Crippen molar-refractivity contribution in [3.05, 3.63) is 88.0 Å². The summed E-state index contributed by atoms with van der Waals surface area (Å²) in [6.45, 7) is -0.335. The van der Waals surface area contributed by atoms with E-state index in [1.54, 1.807) is 30.3 Å². The minimum Gasteiger partial charge on any atom is -0.486 e. The lowest BCUT2D eigenvalue weighted by atomic mass is 10.1. The molecule has 0 saturated heterocycles. The van der Waals surface area contributed by atoms with Gasteiger partial charge in [-0.05, 0) is 42.5 Å². The number of benzene rings is 2. The molecule has 0 atom stereocenters. The first-order chi connectivity index (χ1) is 13.0. The molecule has 5 nitrogen and oxygen atoms in total. The van der Waals surface area contributed by atoms with Crippen molar-refractivity contribution in [3.63, 3.8) is 0 Å². The highest BCUT2D eigenvalue weighted by molar-refractivity contribution is 9.10. The Morgan fingerprint density at radius 1 is 1.00 bits per heavy atom. The van der Waals surface area contributed by atoms with Gasteiger partial charge in [0.25, 0.3) is 0 Å². The molecule has 0 saturated carbocycles. The fourth-order valence-electron chi connectivity index (χ4n) is 2.22. The molecule has 0 spiro atoms. The lowest BCUT2D eigenvalue weighted by Gasteiger charge is -2.05. The van der Waals surface area contributed by atoms with Crippen molar-refractivity contribution in [1.82, 2.24) is 0 Å². The predicted octanol–water partition coefficient (Wildman–Crippen LogP) is 4.80.